The van der Waals surface area contributed by atoms with E-state index in [9.17, 15) is 4.79 Å². The van der Waals surface area contributed by atoms with Gasteiger partial charge in [0.25, 0.3) is 0 Å². The molecular weight excluding hydrogens is 260 g/mol. The number of carbonyl (C=O) groups excluding carboxylic acids is 1. The van der Waals surface area contributed by atoms with Crippen LogP contribution in [0.4, 0.5) is 0 Å². The van der Waals surface area contributed by atoms with E-state index < -0.39 is 0 Å². The Bertz CT molecular complexity index is 396. The van der Waals surface area contributed by atoms with Crippen LogP contribution in [0.15, 0.2) is 30.3 Å². The third-order valence-corrected chi connectivity index (χ3v) is 2.90. The van der Waals surface area contributed by atoms with Crippen LogP contribution >= 0.6 is 12.4 Å². The maximum atomic E-state index is 11.9. The fourth-order valence-electron chi connectivity index (χ4n) is 1.78. The summed E-state index contributed by atoms with van der Waals surface area (Å²) in [6.07, 6.45) is 0.465. The highest BCUT2D eigenvalue weighted by molar-refractivity contribution is 5.85. The molecule has 19 heavy (non-hydrogen) atoms. The first-order chi connectivity index (χ1) is 8.21. The number of hydrogen-bond acceptors (Lipinski definition) is 2. The Hall–Kier alpha value is -1.06. The average Bonchev–Trinajstić information content (AvgIpc) is 2.26. The van der Waals surface area contributed by atoms with Gasteiger partial charge in [-0.25, -0.2) is 0 Å². The molecule has 0 spiro atoms. The van der Waals surface area contributed by atoms with Gasteiger partial charge in [0.15, 0.2) is 0 Å². The number of nitrogens with one attached hydrogen (secondary N) is 1. The summed E-state index contributed by atoms with van der Waals surface area (Å²) in [4.78, 5) is 11.9. The predicted molar refractivity (Wildman–Crippen MR) is 82.6 cm³/mol. The van der Waals surface area contributed by atoms with Gasteiger partial charge >= 0.3 is 0 Å². The van der Waals surface area contributed by atoms with Crippen molar-refractivity contribution in [2.24, 2.45) is 5.73 Å². The third kappa shape index (κ3) is 6.60. The second-order valence-electron chi connectivity index (χ2n) is 6.19. The summed E-state index contributed by atoms with van der Waals surface area (Å²) < 4.78 is 0. The lowest BCUT2D eigenvalue weighted by Gasteiger charge is -2.26. The van der Waals surface area contributed by atoms with Crippen molar-refractivity contribution in [2.75, 3.05) is 6.54 Å². The van der Waals surface area contributed by atoms with Crippen molar-refractivity contribution >= 4 is 18.3 Å². The number of benzene rings is 1. The zero-order valence-electron chi connectivity index (χ0n) is 12.2. The lowest BCUT2D eigenvalue weighted by molar-refractivity contribution is -0.122. The molecule has 3 nitrogen and oxygen atoms in total. The zero-order valence-corrected chi connectivity index (χ0v) is 13.0. The highest BCUT2D eigenvalue weighted by Gasteiger charge is 2.24. The van der Waals surface area contributed by atoms with Gasteiger partial charge in [-0.2, -0.15) is 0 Å². The van der Waals surface area contributed by atoms with Crippen LogP contribution in [0.25, 0.3) is 0 Å². The molecule has 0 saturated carbocycles. The molecule has 4 heteroatoms. The third-order valence-electron chi connectivity index (χ3n) is 2.90. The minimum Gasteiger partial charge on any atom is -0.354 e. The van der Waals surface area contributed by atoms with Crippen LogP contribution in [0.2, 0.25) is 0 Å². The molecule has 0 aliphatic heterocycles. The Labute approximate surface area is 122 Å². The Morgan fingerprint density at radius 1 is 1.16 bits per heavy atom. The van der Waals surface area contributed by atoms with Gasteiger partial charge in [0.2, 0.25) is 5.91 Å². The topological polar surface area (TPSA) is 55.1 Å². The van der Waals surface area contributed by atoms with Crippen LogP contribution in [0, 0.1) is 0 Å². The molecule has 0 radical (unpaired) electrons. The molecule has 1 aromatic rings. The summed E-state index contributed by atoms with van der Waals surface area (Å²) in [7, 11) is 0. The van der Waals surface area contributed by atoms with Gasteiger partial charge in [0, 0.05) is 18.5 Å². The molecule has 0 bridgehead atoms. The summed E-state index contributed by atoms with van der Waals surface area (Å²) in [6.45, 7) is 8.45. The molecule has 0 aliphatic carbocycles. The quantitative estimate of drug-likeness (QED) is 0.873. The van der Waals surface area contributed by atoms with Crippen LogP contribution < -0.4 is 11.1 Å². The van der Waals surface area contributed by atoms with E-state index in [1.165, 1.54) is 5.56 Å². The lowest BCUT2D eigenvalue weighted by atomic mass is 9.81. The van der Waals surface area contributed by atoms with Crippen molar-refractivity contribution in [2.45, 2.75) is 45.1 Å². The fourth-order valence-corrected chi connectivity index (χ4v) is 1.78. The van der Waals surface area contributed by atoms with Gasteiger partial charge < -0.3 is 11.1 Å². The highest BCUT2D eigenvalue weighted by atomic mass is 35.5. The van der Waals surface area contributed by atoms with Crippen LogP contribution in [0.3, 0.4) is 0 Å². The molecule has 1 aromatic carbocycles. The number of halogens is 1. The first-order valence-electron chi connectivity index (χ1n) is 6.32. The second kappa shape index (κ2) is 6.92. The van der Waals surface area contributed by atoms with Gasteiger partial charge in [-0.3, -0.25) is 4.79 Å². The maximum Gasteiger partial charge on any atom is 0.220 e. The minimum atomic E-state index is -0.369. The van der Waals surface area contributed by atoms with Gasteiger partial charge in [0.1, 0.15) is 0 Å². The van der Waals surface area contributed by atoms with Gasteiger partial charge in [0.05, 0.1) is 0 Å². The standard InChI is InChI=1S/C15H24N2O.ClH/c1-14(2,12-8-6-5-7-9-12)10-13(18)17-11-15(3,4)16;/h5-9H,10-11,16H2,1-4H3,(H,17,18);1H. The predicted octanol–water partition coefficient (Wildman–Crippen LogP) is 2.63. The van der Waals surface area contributed by atoms with Crippen LogP contribution in [-0.4, -0.2) is 18.0 Å². The summed E-state index contributed by atoms with van der Waals surface area (Å²) in [5.41, 5.74) is 6.49. The van der Waals surface area contributed by atoms with E-state index in [4.69, 9.17) is 5.73 Å². The number of rotatable bonds is 5. The first kappa shape index (κ1) is 17.9. The summed E-state index contributed by atoms with van der Waals surface area (Å²) in [6, 6.07) is 10.1. The molecule has 0 atom stereocenters. The summed E-state index contributed by atoms with van der Waals surface area (Å²) >= 11 is 0. The normalized spacial score (nSPS) is 11.6. The molecular formula is C15H25ClN2O. The monoisotopic (exact) mass is 284 g/mol. The van der Waals surface area contributed by atoms with Crippen molar-refractivity contribution in [3.05, 3.63) is 35.9 Å². The lowest BCUT2D eigenvalue weighted by Crippen LogP contribution is -2.46. The van der Waals surface area contributed by atoms with Crippen molar-refractivity contribution in [1.29, 1.82) is 0 Å². The number of amides is 1. The van der Waals surface area contributed by atoms with E-state index in [2.05, 4.69) is 31.3 Å². The molecule has 0 saturated heterocycles. The molecule has 0 aromatic heterocycles. The van der Waals surface area contributed by atoms with Crippen LogP contribution in [-0.2, 0) is 10.2 Å². The molecule has 1 rings (SSSR count). The number of nitrogens with two attached hydrogens (primary N) is 1. The van der Waals surface area contributed by atoms with Gasteiger partial charge in [-0.05, 0) is 24.8 Å². The Morgan fingerprint density at radius 3 is 2.16 bits per heavy atom. The first-order valence-corrected chi connectivity index (χ1v) is 6.32. The van der Waals surface area contributed by atoms with Gasteiger partial charge in [-0.1, -0.05) is 44.2 Å². The Balaban J connectivity index is 0.00000324. The van der Waals surface area contributed by atoms with Crippen molar-refractivity contribution in [1.82, 2.24) is 5.32 Å². The number of carbonyl (C=O) groups is 1. The smallest absolute Gasteiger partial charge is 0.220 e. The van der Waals surface area contributed by atoms with E-state index in [1.807, 2.05) is 32.0 Å². The van der Waals surface area contributed by atoms with Crippen molar-refractivity contribution in [3.63, 3.8) is 0 Å². The second-order valence-corrected chi connectivity index (χ2v) is 6.19. The summed E-state index contributed by atoms with van der Waals surface area (Å²) in [5, 5.41) is 2.88. The molecule has 0 heterocycles. The van der Waals surface area contributed by atoms with Gasteiger partial charge in [-0.15, -0.1) is 12.4 Å². The van der Waals surface area contributed by atoms with Crippen molar-refractivity contribution in [3.8, 4) is 0 Å². The van der Waals surface area contributed by atoms with Crippen molar-refractivity contribution < 1.29 is 4.79 Å². The summed E-state index contributed by atoms with van der Waals surface area (Å²) in [5.74, 6) is 0.0439. The Morgan fingerprint density at radius 2 is 1.68 bits per heavy atom. The fraction of sp³-hybridized carbons (Fsp3) is 0.533. The zero-order chi connectivity index (χ0) is 13.8. The van der Waals surface area contributed by atoms with E-state index in [-0.39, 0.29) is 29.3 Å². The Kier molecular flexibility index (Phi) is 6.53. The maximum absolute atomic E-state index is 11.9. The van der Waals surface area contributed by atoms with E-state index in [0.29, 0.717) is 13.0 Å². The molecule has 0 fully saturated rings. The van der Waals surface area contributed by atoms with E-state index >= 15 is 0 Å². The molecule has 108 valence electrons. The minimum absolute atomic E-state index is 0. The van der Waals surface area contributed by atoms with E-state index in [1.54, 1.807) is 0 Å². The molecule has 3 N–H and O–H groups in total. The molecule has 1 amide bonds. The molecule has 0 aliphatic rings. The molecule has 0 unspecified atom stereocenters. The van der Waals surface area contributed by atoms with Crippen LogP contribution in [0.1, 0.15) is 39.7 Å². The average molecular weight is 285 g/mol. The highest BCUT2D eigenvalue weighted by Crippen LogP contribution is 2.26. The van der Waals surface area contributed by atoms with E-state index in [0.717, 1.165) is 0 Å². The SMILES string of the molecule is CC(C)(N)CNC(=O)CC(C)(C)c1ccccc1.Cl. The number of hydrogen-bond donors (Lipinski definition) is 2. The van der Waals surface area contributed by atoms with Crippen LogP contribution in [0.5, 0.6) is 0 Å². The largest absolute Gasteiger partial charge is 0.354 e.